The van der Waals surface area contributed by atoms with Crippen molar-refractivity contribution in [2.45, 2.75) is 45.3 Å². The van der Waals surface area contributed by atoms with E-state index >= 15 is 0 Å². The fraction of sp³-hybridized carbons (Fsp3) is 0.667. The Kier molecular flexibility index (Phi) is 5.07. The van der Waals surface area contributed by atoms with E-state index in [1.165, 1.54) is 12.0 Å². The summed E-state index contributed by atoms with van der Waals surface area (Å²) in [6.07, 6.45) is 2.34. The molecule has 1 aromatic carbocycles. The summed E-state index contributed by atoms with van der Waals surface area (Å²) >= 11 is 0. The van der Waals surface area contributed by atoms with Gasteiger partial charge in [-0.15, -0.1) is 0 Å². The zero-order valence-electron chi connectivity index (χ0n) is 13.9. The van der Waals surface area contributed by atoms with E-state index in [4.69, 9.17) is 10.5 Å². The summed E-state index contributed by atoms with van der Waals surface area (Å²) < 4.78 is 5.70. The Balaban J connectivity index is 2.03. The molecule has 0 saturated carbocycles. The molecule has 3 nitrogen and oxygen atoms in total. The van der Waals surface area contributed by atoms with Gasteiger partial charge in [0.25, 0.3) is 0 Å². The first-order valence-electron chi connectivity index (χ1n) is 7.94. The molecule has 0 radical (unpaired) electrons. The maximum absolute atomic E-state index is 6.53. The average molecular weight is 290 g/mol. The van der Waals surface area contributed by atoms with Crippen molar-refractivity contribution in [2.24, 2.45) is 11.1 Å². The van der Waals surface area contributed by atoms with Gasteiger partial charge >= 0.3 is 0 Å². The van der Waals surface area contributed by atoms with E-state index in [9.17, 15) is 0 Å². The van der Waals surface area contributed by atoms with Crippen LogP contribution in [-0.2, 0) is 4.74 Å². The number of hydrogen-bond acceptors (Lipinski definition) is 3. The van der Waals surface area contributed by atoms with Gasteiger partial charge in [0.15, 0.2) is 0 Å². The molecule has 1 saturated heterocycles. The number of ether oxygens (including phenoxy) is 1. The molecule has 0 aliphatic carbocycles. The van der Waals surface area contributed by atoms with Crippen LogP contribution in [0.15, 0.2) is 30.3 Å². The lowest BCUT2D eigenvalue weighted by Crippen LogP contribution is -2.51. The van der Waals surface area contributed by atoms with Crippen molar-refractivity contribution in [3.05, 3.63) is 35.9 Å². The molecule has 0 aromatic heterocycles. The van der Waals surface area contributed by atoms with Gasteiger partial charge in [-0.2, -0.15) is 0 Å². The zero-order valence-corrected chi connectivity index (χ0v) is 13.9. The molecule has 3 heteroatoms. The number of benzene rings is 1. The largest absolute Gasteiger partial charge is 0.377 e. The molecular formula is C18H30N2O. The van der Waals surface area contributed by atoms with Crippen molar-refractivity contribution in [1.82, 2.24) is 4.90 Å². The smallest absolute Gasteiger partial charge is 0.0777 e. The van der Waals surface area contributed by atoms with Crippen LogP contribution in [0, 0.1) is 5.41 Å². The fourth-order valence-electron chi connectivity index (χ4n) is 3.40. The Hall–Kier alpha value is -0.900. The molecule has 0 spiro atoms. The molecule has 1 fully saturated rings. The quantitative estimate of drug-likeness (QED) is 0.905. The number of hydrogen-bond donors (Lipinski definition) is 1. The third-order valence-corrected chi connectivity index (χ3v) is 4.86. The standard InChI is InChI=1S/C18H30N2O/c1-17(2,16(19)15-9-6-5-7-10-15)13-20-12-8-11-18(3,14-20)21-4/h5-7,9-10,16H,8,11-14,19H2,1-4H3. The summed E-state index contributed by atoms with van der Waals surface area (Å²) in [5.41, 5.74) is 7.78. The first-order chi connectivity index (χ1) is 9.86. The molecule has 2 unspecified atom stereocenters. The number of nitrogens with zero attached hydrogens (tertiary/aromatic N) is 1. The normalized spacial score (nSPS) is 25.8. The van der Waals surface area contributed by atoms with Gasteiger partial charge in [-0.1, -0.05) is 44.2 Å². The topological polar surface area (TPSA) is 38.5 Å². The van der Waals surface area contributed by atoms with Crippen LogP contribution in [0.4, 0.5) is 0 Å². The summed E-state index contributed by atoms with van der Waals surface area (Å²) in [6.45, 7) is 9.89. The van der Waals surface area contributed by atoms with Crippen molar-refractivity contribution < 1.29 is 4.74 Å². The van der Waals surface area contributed by atoms with Crippen LogP contribution in [0.3, 0.4) is 0 Å². The highest BCUT2D eigenvalue weighted by Gasteiger charge is 2.35. The van der Waals surface area contributed by atoms with Crippen molar-refractivity contribution in [3.63, 3.8) is 0 Å². The van der Waals surface area contributed by atoms with Crippen LogP contribution < -0.4 is 5.73 Å². The second-order valence-corrected chi connectivity index (χ2v) is 7.35. The summed E-state index contributed by atoms with van der Waals surface area (Å²) in [5, 5.41) is 0. The lowest BCUT2D eigenvalue weighted by Gasteiger charge is -2.44. The van der Waals surface area contributed by atoms with Crippen LogP contribution in [0.5, 0.6) is 0 Å². The molecule has 2 rings (SSSR count). The lowest BCUT2D eigenvalue weighted by atomic mass is 9.79. The Bertz CT molecular complexity index is 446. The SMILES string of the molecule is COC1(C)CCCN(CC(C)(C)C(N)c2ccccc2)C1. The molecule has 1 aromatic rings. The van der Waals surface area contributed by atoms with Crippen LogP contribution in [0.25, 0.3) is 0 Å². The van der Waals surface area contributed by atoms with Crippen LogP contribution in [0.1, 0.15) is 45.2 Å². The van der Waals surface area contributed by atoms with E-state index < -0.39 is 0 Å². The Morgan fingerprint density at radius 2 is 2.00 bits per heavy atom. The van der Waals surface area contributed by atoms with Crippen molar-refractivity contribution in [2.75, 3.05) is 26.7 Å². The maximum atomic E-state index is 6.53. The van der Waals surface area contributed by atoms with Crippen LogP contribution in [0.2, 0.25) is 0 Å². The van der Waals surface area contributed by atoms with Crippen molar-refractivity contribution in [3.8, 4) is 0 Å². The minimum atomic E-state index is -0.00876. The van der Waals surface area contributed by atoms with Crippen molar-refractivity contribution in [1.29, 1.82) is 0 Å². The predicted molar refractivity (Wildman–Crippen MR) is 88.2 cm³/mol. The van der Waals surface area contributed by atoms with Gasteiger partial charge in [-0.3, -0.25) is 4.90 Å². The number of nitrogens with two attached hydrogens (primary N) is 1. The van der Waals surface area contributed by atoms with Gasteiger partial charge in [0.05, 0.1) is 5.60 Å². The highest BCUT2D eigenvalue weighted by molar-refractivity contribution is 5.20. The van der Waals surface area contributed by atoms with Crippen LogP contribution in [-0.4, -0.2) is 37.2 Å². The monoisotopic (exact) mass is 290 g/mol. The number of likely N-dealkylation sites (tertiary alicyclic amines) is 1. The maximum Gasteiger partial charge on any atom is 0.0777 e. The second-order valence-electron chi connectivity index (χ2n) is 7.35. The van der Waals surface area contributed by atoms with E-state index in [2.05, 4.69) is 49.9 Å². The Morgan fingerprint density at radius 1 is 1.33 bits per heavy atom. The minimum Gasteiger partial charge on any atom is -0.377 e. The van der Waals surface area contributed by atoms with Gasteiger partial charge in [-0.25, -0.2) is 0 Å². The highest BCUT2D eigenvalue weighted by Crippen LogP contribution is 2.34. The number of piperidine rings is 1. The summed E-state index contributed by atoms with van der Waals surface area (Å²) in [4.78, 5) is 2.51. The molecule has 1 aliphatic heterocycles. The molecule has 2 N–H and O–H groups in total. The van der Waals surface area contributed by atoms with E-state index in [1.54, 1.807) is 0 Å². The van der Waals surface area contributed by atoms with Gasteiger partial charge in [-0.05, 0) is 37.3 Å². The molecule has 1 heterocycles. The predicted octanol–water partition coefficient (Wildman–Crippen LogP) is 3.21. The van der Waals surface area contributed by atoms with Gasteiger partial charge < -0.3 is 10.5 Å². The molecule has 21 heavy (non-hydrogen) atoms. The summed E-state index contributed by atoms with van der Waals surface area (Å²) in [6, 6.07) is 10.5. The molecule has 1 aliphatic rings. The van der Waals surface area contributed by atoms with E-state index in [-0.39, 0.29) is 17.1 Å². The van der Waals surface area contributed by atoms with Crippen LogP contribution >= 0.6 is 0 Å². The van der Waals surface area contributed by atoms with E-state index in [0.717, 1.165) is 26.1 Å². The zero-order chi connectivity index (χ0) is 15.5. The average Bonchev–Trinajstić information content (AvgIpc) is 2.47. The molecular weight excluding hydrogens is 260 g/mol. The first-order valence-corrected chi connectivity index (χ1v) is 7.94. The third kappa shape index (κ3) is 4.06. The molecule has 0 amide bonds. The number of methoxy groups -OCH3 is 1. The molecule has 118 valence electrons. The number of rotatable bonds is 5. The fourth-order valence-corrected chi connectivity index (χ4v) is 3.40. The first kappa shape index (κ1) is 16.5. The second kappa shape index (κ2) is 6.47. The summed E-state index contributed by atoms with van der Waals surface area (Å²) in [5.74, 6) is 0. The molecule has 0 bridgehead atoms. The lowest BCUT2D eigenvalue weighted by molar-refractivity contribution is -0.0588. The Morgan fingerprint density at radius 3 is 2.62 bits per heavy atom. The molecule has 2 atom stereocenters. The van der Waals surface area contributed by atoms with E-state index in [0.29, 0.717) is 0 Å². The van der Waals surface area contributed by atoms with Gasteiger partial charge in [0, 0.05) is 26.2 Å². The Labute approximate surface area is 129 Å². The highest BCUT2D eigenvalue weighted by atomic mass is 16.5. The van der Waals surface area contributed by atoms with Crippen molar-refractivity contribution >= 4 is 0 Å². The van der Waals surface area contributed by atoms with Gasteiger partial charge in [0.1, 0.15) is 0 Å². The minimum absolute atomic E-state index is 0.00876. The third-order valence-electron chi connectivity index (χ3n) is 4.86. The summed E-state index contributed by atoms with van der Waals surface area (Å²) in [7, 11) is 1.82. The van der Waals surface area contributed by atoms with Gasteiger partial charge in [0.2, 0.25) is 0 Å². The van der Waals surface area contributed by atoms with E-state index in [1.807, 2.05) is 13.2 Å².